The summed E-state index contributed by atoms with van der Waals surface area (Å²) >= 11 is 0. The molecule has 2 heterocycles. The van der Waals surface area contributed by atoms with Crippen LogP contribution in [-0.2, 0) is 17.8 Å². The van der Waals surface area contributed by atoms with Gasteiger partial charge < -0.3 is 10.4 Å². The Kier molecular flexibility index (Phi) is 5.05. The smallest absolute Gasteiger partial charge is 0.230 e. The number of rotatable bonds is 6. The van der Waals surface area contributed by atoms with E-state index in [1.807, 2.05) is 24.3 Å². The summed E-state index contributed by atoms with van der Waals surface area (Å²) < 4.78 is 15.7. The molecule has 9 heteroatoms. The van der Waals surface area contributed by atoms with Crippen molar-refractivity contribution in [2.45, 2.75) is 26.0 Å². The van der Waals surface area contributed by atoms with Gasteiger partial charge in [-0.1, -0.05) is 23.4 Å². The lowest BCUT2D eigenvalue weighted by molar-refractivity contribution is -0.115. The van der Waals surface area contributed by atoms with Crippen LogP contribution in [0.1, 0.15) is 12.6 Å². The molecule has 0 aliphatic heterocycles. The second-order valence-electron chi connectivity index (χ2n) is 6.81. The van der Waals surface area contributed by atoms with Gasteiger partial charge in [-0.05, 0) is 31.2 Å². The number of fused-ring (bicyclic) bond motifs is 1. The fourth-order valence-electron chi connectivity index (χ4n) is 3.10. The Morgan fingerprint density at radius 2 is 2.14 bits per heavy atom. The minimum Gasteiger partial charge on any atom is -0.391 e. The van der Waals surface area contributed by atoms with Crippen LogP contribution in [0.5, 0.6) is 0 Å². The molecular weight excluding hydrogens is 375 g/mol. The fourth-order valence-corrected chi connectivity index (χ4v) is 3.10. The van der Waals surface area contributed by atoms with E-state index in [9.17, 15) is 14.3 Å². The summed E-state index contributed by atoms with van der Waals surface area (Å²) in [6.45, 7) is 1.88. The first-order valence-electron chi connectivity index (χ1n) is 9.09. The number of aliphatic hydroxyl groups is 1. The number of nitrogens with one attached hydrogen (secondary N) is 2. The van der Waals surface area contributed by atoms with Crippen LogP contribution in [0.25, 0.3) is 22.2 Å². The summed E-state index contributed by atoms with van der Waals surface area (Å²) in [5.74, 6) is -0.735. The van der Waals surface area contributed by atoms with Gasteiger partial charge in [-0.2, -0.15) is 5.10 Å². The van der Waals surface area contributed by atoms with Crippen molar-refractivity contribution in [1.82, 2.24) is 25.2 Å². The van der Waals surface area contributed by atoms with Gasteiger partial charge in [0.25, 0.3) is 0 Å². The van der Waals surface area contributed by atoms with Crippen molar-refractivity contribution in [3.05, 3.63) is 60.2 Å². The summed E-state index contributed by atoms with van der Waals surface area (Å²) in [4.78, 5) is 12.5. The zero-order valence-electron chi connectivity index (χ0n) is 15.6. The van der Waals surface area contributed by atoms with Crippen molar-refractivity contribution in [1.29, 1.82) is 0 Å². The van der Waals surface area contributed by atoms with E-state index in [0.29, 0.717) is 17.1 Å². The number of benzene rings is 2. The number of para-hydroxylation sites is 1. The molecule has 0 radical (unpaired) electrons. The maximum atomic E-state index is 14.3. The predicted molar refractivity (Wildman–Crippen MR) is 106 cm³/mol. The lowest BCUT2D eigenvalue weighted by atomic mass is 10.1. The van der Waals surface area contributed by atoms with Crippen LogP contribution in [0.15, 0.2) is 48.7 Å². The van der Waals surface area contributed by atoms with Crippen molar-refractivity contribution >= 4 is 22.5 Å². The Balaban J connectivity index is 1.51. The molecule has 0 saturated carbocycles. The van der Waals surface area contributed by atoms with E-state index >= 15 is 0 Å². The number of hydrogen-bond donors (Lipinski definition) is 3. The van der Waals surface area contributed by atoms with E-state index in [0.717, 1.165) is 10.9 Å². The Labute approximate surface area is 165 Å². The number of hydrogen-bond acceptors (Lipinski definition) is 5. The SMILES string of the molecule is CC(O)Cn1cc(-c2cc(NC(=O)Cc3[nH]nc4ccccc34)ccc2F)nn1. The zero-order valence-corrected chi connectivity index (χ0v) is 15.6. The molecule has 1 unspecified atom stereocenters. The van der Waals surface area contributed by atoms with E-state index in [-0.39, 0.29) is 24.4 Å². The number of amides is 1. The maximum Gasteiger partial charge on any atom is 0.230 e. The highest BCUT2D eigenvalue weighted by atomic mass is 19.1. The molecule has 2 aromatic heterocycles. The van der Waals surface area contributed by atoms with Crippen molar-refractivity contribution < 1.29 is 14.3 Å². The second kappa shape index (κ2) is 7.80. The summed E-state index contributed by atoms with van der Waals surface area (Å²) in [6, 6.07) is 11.8. The zero-order chi connectivity index (χ0) is 20.4. The number of carbonyl (C=O) groups excluding carboxylic acids is 1. The molecule has 0 bridgehead atoms. The molecule has 0 spiro atoms. The molecule has 1 amide bonds. The number of H-pyrrole nitrogens is 1. The molecule has 0 aliphatic rings. The van der Waals surface area contributed by atoms with E-state index < -0.39 is 11.9 Å². The minimum atomic E-state index is -0.599. The topological polar surface area (TPSA) is 109 Å². The van der Waals surface area contributed by atoms with Crippen LogP contribution in [0.4, 0.5) is 10.1 Å². The van der Waals surface area contributed by atoms with Crippen LogP contribution in [-0.4, -0.2) is 42.3 Å². The number of nitrogens with zero attached hydrogens (tertiary/aromatic N) is 4. The molecule has 8 nitrogen and oxygen atoms in total. The monoisotopic (exact) mass is 394 g/mol. The summed E-state index contributed by atoms with van der Waals surface area (Å²) in [5.41, 5.74) is 2.48. The van der Waals surface area contributed by atoms with Gasteiger partial charge in [-0.3, -0.25) is 9.89 Å². The molecule has 0 fully saturated rings. The van der Waals surface area contributed by atoms with Crippen molar-refractivity contribution in [3.63, 3.8) is 0 Å². The summed E-state index contributed by atoms with van der Waals surface area (Å²) in [5, 5.41) is 28.0. The first-order chi connectivity index (χ1) is 14.0. The Morgan fingerprint density at radius 1 is 1.31 bits per heavy atom. The minimum absolute atomic E-state index is 0.109. The third-order valence-electron chi connectivity index (χ3n) is 4.39. The predicted octanol–water partition coefficient (Wildman–Crippen LogP) is 2.52. The average molecular weight is 394 g/mol. The number of halogens is 1. The number of aliphatic hydroxyl groups excluding tert-OH is 1. The van der Waals surface area contributed by atoms with Gasteiger partial charge in [0.1, 0.15) is 11.5 Å². The highest BCUT2D eigenvalue weighted by Gasteiger charge is 2.14. The van der Waals surface area contributed by atoms with Crippen molar-refractivity contribution in [2.75, 3.05) is 5.32 Å². The number of anilines is 1. The largest absolute Gasteiger partial charge is 0.391 e. The molecular formula is C20H19FN6O2. The quantitative estimate of drug-likeness (QED) is 0.466. The van der Waals surface area contributed by atoms with E-state index in [4.69, 9.17) is 0 Å². The maximum absolute atomic E-state index is 14.3. The molecule has 0 aliphatic carbocycles. The van der Waals surface area contributed by atoms with Crippen molar-refractivity contribution in [2.24, 2.45) is 0 Å². The van der Waals surface area contributed by atoms with Crippen LogP contribution >= 0.6 is 0 Å². The van der Waals surface area contributed by atoms with Gasteiger partial charge in [0, 0.05) is 16.6 Å². The molecule has 4 aromatic rings. The highest BCUT2D eigenvalue weighted by Crippen LogP contribution is 2.24. The van der Waals surface area contributed by atoms with Gasteiger partial charge in [-0.25, -0.2) is 9.07 Å². The standard InChI is InChI=1S/C20H19FN6O2/c1-12(28)10-27-11-19(25-26-27)15-8-13(6-7-16(15)21)22-20(29)9-18-14-4-2-3-5-17(14)23-24-18/h2-8,11-12,28H,9-10H2,1H3,(H,22,29)(H,23,24). The van der Waals surface area contributed by atoms with Crippen LogP contribution in [0.2, 0.25) is 0 Å². The first kappa shape index (κ1) is 18.8. The van der Waals surface area contributed by atoms with Gasteiger partial charge in [0.05, 0.1) is 36.5 Å². The lowest BCUT2D eigenvalue weighted by Crippen LogP contribution is -2.15. The van der Waals surface area contributed by atoms with E-state index in [1.54, 1.807) is 13.1 Å². The van der Waals surface area contributed by atoms with Crippen LogP contribution < -0.4 is 5.32 Å². The Hall–Kier alpha value is -3.59. The van der Waals surface area contributed by atoms with Crippen molar-refractivity contribution in [3.8, 4) is 11.3 Å². The van der Waals surface area contributed by atoms with Crippen LogP contribution in [0.3, 0.4) is 0 Å². The molecule has 148 valence electrons. The Bertz CT molecular complexity index is 1170. The van der Waals surface area contributed by atoms with Gasteiger partial charge in [0.15, 0.2) is 0 Å². The van der Waals surface area contributed by atoms with Gasteiger partial charge in [0.2, 0.25) is 5.91 Å². The third-order valence-corrected chi connectivity index (χ3v) is 4.39. The molecule has 2 aromatic carbocycles. The fraction of sp³-hybridized carbons (Fsp3) is 0.200. The van der Waals surface area contributed by atoms with Crippen LogP contribution in [0, 0.1) is 5.82 Å². The Morgan fingerprint density at radius 3 is 2.97 bits per heavy atom. The van der Waals surface area contributed by atoms with E-state index in [2.05, 4.69) is 25.8 Å². The van der Waals surface area contributed by atoms with Gasteiger partial charge in [-0.15, -0.1) is 5.10 Å². The van der Waals surface area contributed by atoms with E-state index in [1.165, 1.54) is 22.9 Å². The normalized spacial score (nSPS) is 12.2. The summed E-state index contributed by atoms with van der Waals surface area (Å²) in [7, 11) is 0. The molecule has 3 N–H and O–H groups in total. The lowest BCUT2D eigenvalue weighted by Gasteiger charge is -2.07. The highest BCUT2D eigenvalue weighted by molar-refractivity contribution is 5.95. The number of carbonyl (C=O) groups is 1. The second-order valence-corrected chi connectivity index (χ2v) is 6.81. The first-order valence-corrected chi connectivity index (χ1v) is 9.09. The number of aromatic nitrogens is 5. The van der Waals surface area contributed by atoms with Gasteiger partial charge >= 0.3 is 0 Å². The molecule has 29 heavy (non-hydrogen) atoms. The molecule has 1 atom stereocenters. The molecule has 0 saturated heterocycles. The molecule has 4 rings (SSSR count). The third kappa shape index (κ3) is 4.14. The summed E-state index contributed by atoms with van der Waals surface area (Å²) in [6.07, 6.45) is 1.06. The number of aromatic amines is 1. The average Bonchev–Trinajstić information content (AvgIpc) is 3.30.